The number of hydrogen-bond donors (Lipinski definition) is 1. The van der Waals surface area contributed by atoms with E-state index in [0.29, 0.717) is 0 Å². The van der Waals surface area contributed by atoms with Crippen molar-refractivity contribution in [3.8, 4) is 0 Å². The molecule has 2 rings (SSSR count). The van der Waals surface area contributed by atoms with E-state index in [1.165, 1.54) is 32.4 Å². The van der Waals surface area contributed by atoms with Gasteiger partial charge in [-0.25, -0.2) is 0 Å². The van der Waals surface area contributed by atoms with Crippen molar-refractivity contribution in [3.05, 3.63) is 23.7 Å². The first-order valence-corrected chi connectivity index (χ1v) is 7.59. The van der Waals surface area contributed by atoms with Gasteiger partial charge in [-0.2, -0.15) is 0 Å². The minimum Gasteiger partial charge on any atom is -0.465 e. The third-order valence-electron chi connectivity index (χ3n) is 4.33. The highest BCUT2D eigenvalue weighted by atomic mass is 16.3. The molecule has 2 heterocycles. The van der Waals surface area contributed by atoms with E-state index in [9.17, 15) is 0 Å². The molecule has 1 saturated heterocycles. The van der Waals surface area contributed by atoms with Crippen LogP contribution >= 0.6 is 0 Å². The van der Waals surface area contributed by atoms with E-state index in [1.54, 1.807) is 0 Å². The molecule has 1 fully saturated rings. The van der Waals surface area contributed by atoms with Crippen LogP contribution in [0.3, 0.4) is 0 Å². The van der Waals surface area contributed by atoms with Gasteiger partial charge in [0.1, 0.15) is 11.5 Å². The average Bonchev–Trinajstić information content (AvgIpc) is 2.82. The summed E-state index contributed by atoms with van der Waals surface area (Å²) in [6, 6.07) is 4.12. The molecule has 2 unspecified atom stereocenters. The topological polar surface area (TPSA) is 28.4 Å². The molecule has 0 saturated carbocycles. The summed E-state index contributed by atoms with van der Waals surface area (Å²) >= 11 is 0. The molecule has 1 aliphatic heterocycles. The standard InChI is InChI=1S/C16H28N2O/c1-13(15-5-4-9-17-11-15)8-10-18(3)12-16-7-6-14(2)19-16/h6-7,13,15,17H,4-5,8-12H2,1-3H3. The Morgan fingerprint density at radius 2 is 2.32 bits per heavy atom. The van der Waals surface area contributed by atoms with Gasteiger partial charge in [0.15, 0.2) is 0 Å². The number of piperidine rings is 1. The highest BCUT2D eigenvalue weighted by Crippen LogP contribution is 2.22. The molecule has 0 bridgehead atoms. The average molecular weight is 264 g/mol. The Labute approximate surface area is 117 Å². The normalized spacial score (nSPS) is 21.8. The lowest BCUT2D eigenvalue weighted by molar-refractivity contribution is 0.222. The summed E-state index contributed by atoms with van der Waals surface area (Å²) in [7, 11) is 2.18. The third kappa shape index (κ3) is 4.66. The summed E-state index contributed by atoms with van der Waals surface area (Å²) in [4.78, 5) is 2.37. The highest BCUT2D eigenvalue weighted by molar-refractivity contribution is 5.05. The van der Waals surface area contributed by atoms with Crippen LogP contribution in [0.1, 0.15) is 37.7 Å². The molecule has 1 aromatic heterocycles. The summed E-state index contributed by atoms with van der Waals surface area (Å²) in [5.74, 6) is 3.76. The van der Waals surface area contributed by atoms with Gasteiger partial charge in [0.25, 0.3) is 0 Å². The van der Waals surface area contributed by atoms with Gasteiger partial charge in [0.2, 0.25) is 0 Å². The largest absolute Gasteiger partial charge is 0.465 e. The fourth-order valence-corrected chi connectivity index (χ4v) is 2.94. The Kier molecular flexibility index (Phi) is 5.46. The van der Waals surface area contributed by atoms with Gasteiger partial charge >= 0.3 is 0 Å². The number of rotatable bonds is 6. The first-order valence-electron chi connectivity index (χ1n) is 7.59. The first-order chi connectivity index (χ1) is 9.15. The maximum atomic E-state index is 5.63. The lowest BCUT2D eigenvalue weighted by Gasteiger charge is -2.29. The van der Waals surface area contributed by atoms with Crippen LogP contribution in [0.4, 0.5) is 0 Å². The van der Waals surface area contributed by atoms with E-state index < -0.39 is 0 Å². The van der Waals surface area contributed by atoms with E-state index in [-0.39, 0.29) is 0 Å². The van der Waals surface area contributed by atoms with Crippen molar-refractivity contribution in [3.63, 3.8) is 0 Å². The summed E-state index contributed by atoms with van der Waals surface area (Å²) < 4.78 is 5.63. The predicted octanol–water partition coefficient (Wildman–Crippen LogP) is 3.05. The van der Waals surface area contributed by atoms with Crippen molar-refractivity contribution in [1.82, 2.24) is 10.2 Å². The van der Waals surface area contributed by atoms with Gasteiger partial charge in [-0.05, 0) is 76.8 Å². The van der Waals surface area contributed by atoms with Gasteiger partial charge in [-0.3, -0.25) is 4.90 Å². The minimum absolute atomic E-state index is 0.814. The SMILES string of the molecule is Cc1ccc(CN(C)CCC(C)C2CCCNC2)o1. The molecule has 1 N–H and O–H groups in total. The molecular formula is C16H28N2O. The van der Waals surface area contributed by atoms with Gasteiger partial charge < -0.3 is 9.73 Å². The molecule has 0 amide bonds. The Bertz CT molecular complexity index is 369. The molecule has 1 aliphatic rings. The van der Waals surface area contributed by atoms with E-state index in [4.69, 9.17) is 4.42 Å². The number of nitrogens with zero attached hydrogens (tertiary/aromatic N) is 1. The molecule has 3 heteroatoms. The Morgan fingerprint density at radius 3 is 2.95 bits per heavy atom. The number of furan rings is 1. The third-order valence-corrected chi connectivity index (χ3v) is 4.33. The Hall–Kier alpha value is -0.800. The van der Waals surface area contributed by atoms with Crippen LogP contribution in [0.25, 0.3) is 0 Å². The van der Waals surface area contributed by atoms with Crippen LogP contribution in [-0.4, -0.2) is 31.6 Å². The molecule has 0 aromatic carbocycles. The van der Waals surface area contributed by atoms with Crippen LogP contribution in [0.5, 0.6) is 0 Å². The van der Waals surface area contributed by atoms with Crippen molar-refractivity contribution >= 4 is 0 Å². The van der Waals surface area contributed by atoms with E-state index >= 15 is 0 Å². The van der Waals surface area contributed by atoms with Gasteiger partial charge in [0.05, 0.1) is 6.54 Å². The molecule has 0 radical (unpaired) electrons. The second-order valence-electron chi connectivity index (χ2n) is 6.12. The lowest BCUT2D eigenvalue weighted by Crippen LogP contribution is -2.34. The zero-order chi connectivity index (χ0) is 13.7. The maximum Gasteiger partial charge on any atom is 0.118 e. The molecule has 19 heavy (non-hydrogen) atoms. The Balaban J connectivity index is 1.69. The summed E-state index contributed by atoms with van der Waals surface area (Å²) in [6.07, 6.45) is 4.02. The van der Waals surface area contributed by atoms with E-state index in [2.05, 4.69) is 30.3 Å². The van der Waals surface area contributed by atoms with Crippen LogP contribution in [0.15, 0.2) is 16.5 Å². The van der Waals surface area contributed by atoms with Crippen LogP contribution in [0, 0.1) is 18.8 Å². The molecule has 2 atom stereocenters. The van der Waals surface area contributed by atoms with Gasteiger partial charge in [-0.15, -0.1) is 0 Å². The summed E-state index contributed by atoms with van der Waals surface area (Å²) in [6.45, 7) is 8.90. The van der Waals surface area contributed by atoms with Crippen molar-refractivity contribution in [2.75, 3.05) is 26.7 Å². The molecule has 108 valence electrons. The zero-order valence-corrected chi connectivity index (χ0v) is 12.6. The second kappa shape index (κ2) is 7.11. The predicted molar refractivity (Wildman–Crippen MR) is 79.2 cm³/mol. The summed E-state index contributed by atoms with van der Waals surface area (Å²) in [5, 5.41) is 3.52. The van der Waals surface area contributed by atoms with Gasteiger partial charge in [-0.1, -0.05) is 6.92 Å². The first kappa shape index (κ1) is 14.6. The second-order valence-corrected chi connectivity index (χ2v) is 6.12. The lowest BCUT2D eigenvalue weighted by atomic mass is 9.85. The highest BCUT2D eigenvalue weighted by Gasteiger charge is 2.19. The fourth-order valence-electron chi connectivity index (χ4n) is 2.94. The monoisotopic (exact) mass is 264 g/mol. The van der Waals surface area contributed by atoms with Crippen LogP contribution in [0.2, 0.25) is 0 Å². The molecule has 0 spiro atoms. The van der Waals surface area contributed by atoms with E-state index in [0.717, 1.165) is 36.4 Å². The minimum atomic E-state index is 0.814. The zero-order valence-electron chi connectivity index (χ0n) is 12.6. The van der Waals surface area contributed by atoms with Crippen LogP contribution in [-0.2, 0) is 6.54 Å². The molecular weight excluding hydrogens is 236 g/mol. The Morgan fingerprint density at radius 1 is 1.47 bits per heavy atom. The van der Waals surface area contributed by atoms with Crippen molar-refractivity contribution < 1.29 is 4.42 Å². The van der Waals surface area contributed by atoms with E-state index in [1.807, 2.05) is 13.0 Å². The molecule has 0 aliphatic carbocycles. The van der Waals surface area contributed by atoms with Gasteiger partial charge in [0, 0.05) is 0 Å². The molecule has 1 aromatic rings. The van der Waals surface area contributed by atoms with Crippen molar-refractivity contribution in [2.45, 2.75) is 39.7 Å². The quantitative estimate of drug-likeness (QED) is 0.856. The van der Waals surface area contributed by atoms with Crippen LogP contribution < -0.4 is 5.32 Å². The van der Waals surface area contributed by atoms with Crippen molar-refractivity contribution in [2.24, 2.45) is 11.8 Å². The number of nitrogens with one attached hydrogen (secondary N) is 1. The fraction of sp³-hybridized carbons (Fsp3) is 0.750. The van der Waals surface area contributed by atoms with Crippen molar-refractivity contribution in [1.29, 1.82) is 0 Å². The number of aryl methyl sites for hydroxylation is 1. The number of hydrogen-bond acceptors (Lipinski definition) is 3. The smallest absolute Gasteiger partial charge is 0.118 e. The molecule has 3 nitrogen and oxygen atoms in total. The maximum absolute atomic E-state index is 5.63. The summed E-state index contributed by atoms with van der Waals surface area (Å²) in [5.41, 5.74) is 0.